The van der Waals surface area contributed by atoms with Crippen LogP contribution < -0.4 is 56.2 Å². The third-order valence-corrected chi connectivity index (χ3v) is 2.55. The summed E-state index contributed by atoms with van der Waals surface area (Å²) in [5.74, 6) is 0. The molecule has 0 saturated carbocycles. The van der Waals surface area contributed by atoms with Crippen molar-refractivity contribution in [2.75, 3.05) is 0 Å². The zero-order chi connectivity index (χ0) is 5.21. The van der Waals surface area contributed by atoms with Crippen molar-refractivity contribution in [2.45, 2.75) is 26.1 Å². The molecule has 0 bridgehead atoms. The Labute approximate surface area is 89.1 Å². The van der Waals surface area contributed by atoms with Crippen LogP contribution in [-0.4, -0.2) is 8.32 Å². The standard InChI is InChI=1S/C4H11OSi.K/c1-4-6(2,3)5;/h4H2,1-3H3;/q-1;+1. The van der Waals surface area contributed by atoms with E-state index in [0.29, 0.717) is 0 Å². The summed E-state index contributed by atoms with van der Waals surface area (Å²) in [4.78, 5) is 10.6. The second-order valence-electron chi connectivity index (χ2n) is 2.11. The fraction of sp³-hybridized carbons (Fsp3) is 1.00. The molecule has 0 aliphatic heterocycles. The fourth-order valence-corrected chi connectivity index (χ4v) is 0. The molecule has 0 radical (unpaired) electrons. The molecule has 0 heterocycles. The summed E-state index contributed by atoms with van der Waals surface area (Å²) in [7, 11) is -1.88. The van der Waals surface area contributed by atoms with Gasteiger partial charge in [0, 0.05) is 0 Å². The molecule has 0 aromatic heterocycles. The maximum atomic E-state index is 10.6. The molecule has 0 amide bonds. The van der Waals surface area contributed by atoms with Crippen LogP contribution in [-0.2, 0) is 0 Å². The van der Waals surface area contributed by atoms with Gasteiger partial charge >= 0.3 is 51.4 Å². The van der Waals surface area contributed by atoms with E-state index in [1.807, 2.05) is 20.0 Å². The maximum absolute atomic E-state index is 10.6. The predicted octanol–water partition coefficient (Wildman–Crippen LogP) is -2.42. The minimum atomic E-state index is -1.88. The van der Waals surface area contributed by atoms with E-state index >= 15 is 0 Å². The number of rotatable bonds is 1. The molecule has 0 aromatic rings. The van der Waals surface area contributed by atoms with Crippen molar-refractivity contribution in [1.29, 1.82) is 0 Å². The van der Waals surface area contributed by atoms with Crippen LogP contribution in [0.25, 0.3) is 0 Å². The van der Waals surface area contributed by atoms with E-state index < -0.39 is 8.32 Å². The van der Waals surface area contributed by atoms with Crippen LogP contribution in [0.1, 0.15) is 6.92 Å². The summed E-state index contributed by atoms with van der Waals surface area (Å²) in [6.45, 7) is 5.61. The van der Waals surface area contributed by atoms with Gasteiger partial charge in [-0.3, -0.25) is 0 Å². The van der Waals surface area contributed by atoms with E-state index in [9.17, 15) is 4.80 Å². The topological polar surface area (TPSA) is 23.1 Å². The molecule has 0 atom stereocenters. The van der Waals surface area contributed by atoms with Gasteiger partial charge in [0.1, 0.15) is 0 Å². The Morgan fingerprint density at radius 1 is 1.43 bits per heavy atom. The first-order chi connectivity index (χ1) is 2.56. The van der Waals surface area contributed by atoms with Crippen LogP contribution in [0.5, 0.6) is 0 Å². The van der Waals surface area contributed by atoms with Crippen LogP contribution in [0, 0.1) is 0 Å². The van der Waals surface area contributed by atoms with Gasteiger partial charge in [-0.1, -0.05) is 34.4 Å². The Bertz CT molecular complexity index is 41.4. The van der Waals surface area contributed by atoms with E-state index in [-0.39, 0.29) is 51.4 Å². The zero-order valence-electron chi connectivity index (χ0n) is 5.62. The molecule has 0 aliphatic rings. The van der Waals surface area contributed by atoms with Crippen molar-refractivity contribution >= 4 is 8.32 Å². The van der Waals surface area contributed by atoms with Crippen LogP contribution in [0.2, 0.25) is 19.1 Å². The van der Waals surface area contributed by atoms with Crippen molar-refractivity contribution in [3.63, 3.8) is 0 Å². The van der Waals surface area contributed by atoms with Gasteiger partial charge in [-0.05, 0) is 0 Å². The van der Waals surface area contributed by atoms with Crippen molar-refractivity contribution in [3.8, 4) is 0 Å². The van der Waals surface area contributed by atoms with Crippen LogP contribution in [0.15, 0.2) is 0 Å². The first-order valence-corrected chi connectivity index (χ1v) is 5.38. The molecule has 1 nitrogen and oxygen atoms in total. The van der Waals surface area contributed by atoms with E-state index in [1.54, 1.807) is 0 Å². The first-order valence-electron chi connectivity index (χ1n) is 2.26. The van der Waals surface area contributed by atoms with Gasteiger partial charge in [-0.25, -0.2) is 0 Å². The molecular formula is C4H11KOSi. The minimum absolute atomic E-state index is 0. The van der Waals surface area contributed by atoms with E-state index in [2.05, 4.69) is 0 Å². The van der Waals surface area contributed by atoms with Gasteiger partial charge in [-0.15, -0.1) is 0 Å². The average Bonchev–Trinajstić information content (AvgIpc) is 1.35. The third kappa shape index (κ3) is 11.4. The van der Waals surface area contributed by atoms with Crippen molar-refractivity contribution in [1.82, 2.24) is 0 Å². The molecule has 0 N–H and O–H groups in total. The zero-order valence-corrected chi connectivity index (χ0v) is 9.74. The van der Waals surface area contributed by atoms with Gasteiger partial charge in [0.2, 0.25) is 0 Å². The summed E-state index contributed by atoms with van der Waals surface area (Å²) < 4.78 is 0. The Morgan fingerprint density at radius 3 is 1.57 bits per heavy atom. The second kappa shape index (κ2) is 4.67. The van der Waals surface area contributed by atoms with Gasteiger partial charge in [0.25, 0.3) is 0 Å². The summed E-state index contributed by atoms with van der Waals surface area (Å²) in [5.41, 5.74) is 0. The monoisotopic (exact) mass is 142 g/mol. The molecular weight excluding hydrogens is 131 g/mol. The minimum Gasteiger partial charge on any atom is -0.859 e. The largest absolute Gasteiger partial charge is 1.00 e. The Hall–Kier alpha value is 1.81. The molecule has 3 heteroatoms. The quantitative estimate of drug-likeness (QED) is 0.374. The molecule has 0 rings (SSSR count). The average molecular weight is 142 g/mol. The summed E-state index contributed by atoms with van der Waals surface area (Å²) in [6, 6.07) is 0.854. The summed E-state index contributed by atoms with van der Waals surface area (Å²) in [5, 5.41) is 0. The molecule has 0 fully saturated rings. The van der Waals surface area contributed by atoms with Gasteiger partial charge in [-0.2, -0.15) is 0 Å². The van der Waals surface area contributed by atoms with E-state index in [0.717, 1.165) is 6.04 Å². The normalized spacial score (nSPS) is 10.3. The SMILES string of the molecule is CC[Si](C)(C)[O-].[K+]. The Morgan fingerprint density at radius 2 is 1.57 bits per heavy atom. The molecule has 0 spiro atoms. The molecule has 0 saturated heterocycles. The third-order valence-electron chi connectivity index (χ3n) is 0.851. The van der Waals surface area contributed by atoms with Crippen molar-refractivity contribution in [3.05, 3.63) is 0 Å². The van der Waals surface area contributed by atoms with Crippen LogP contribution in [0.4, 0.5) is 0 Å². The Kier molecular flexibility index (Phi) is 7.73. The maximum Gasteiger partial charge on any atom is 1.00 e. The Balaban J connectivity index is 0. The first kappa shape index (κ1) is 11.6. The molecule has 0 unspecified atom stereocenters. The predicted molar refractivity (Wildman–Crippen MR) is 28.0 cm³/mol. The fourth-order valence-electron chi connectivity index (χ4n) is 0. The molecule has 0 aliphatic carbocycles. The van der Waals surface area contributed by atoms with Gasteiger partial charge in [0.05, 0.1) is 0 Å². The molecule has 7 heavy (non-hydrogen) atoms. The molecule has 0 aromatic carbocycles. The van der Waals surface area contributed by atoms with Gasteiger partial charge in [0.15, 0.2) is 0 Å². The number of hydrogen-bond donors (Lipinski definition) is 0. The van der Waals surface area contributed by atoms with Crippen molar-refractivity contribution < 1.29 is 56.2 Å². The van der Waals surface area contributed by atoms with Crippen molar-refractivity contribution in [2.24, 2.45) is 0 Å². The van der Waals surface area contributed by atoms with Gasteiger partial charge < -0.3 is 4.80 Å². The molecule has 38 valence electrons. The summed E-state index contributed by atoms with van der Waals surface area (Å²) in [6.07, 6.45) is 0. The van der Waals surface area contributed by atoms with E-state index in [4.69, 9.17) is 0 Å². The van der Waals surface area contributed by atoms with E-state index in [1.165, 1.54) is 0 Å². The van der Waals surface area contributed by atoms with Crippen LogP contribution >= 0.6 is 0 Å². The summed E-state index contributed by atoms with van der Waals surface area (Å²) >= 11 is 0. The number of hydrogen-bond acceptors (Lipinski definition) is 1. The smallest absolute Gasteiger partial charge is 0.859 e. The second-order valence-corrected chi connectivity index (χ2v) is 6.34. The van der Waals surface area contributed by atoms with Crippen LogP contribution in [0.3, 0.4) is 0 Å².